The lowest BCUT2D eigenvalue weighted by atomic mass is 10.0. The predicted molar refractivity (Wildman–Crippen MR) is 59.9 cm³/mol. The number of aromatic nitrogens is 3. The second-order valence-electron chi connectivity index (χ2n) is 4.71. The van der Waals surface area contributed by atoms with E-state index in [9.17, 15) is 0 Å². The molecule has 2 rings (SSSR count). The van der Waals surface area contributed by atoms with Gasteiger partial charge in [0.25, 0.3) is 0 Å². The third-order valence-corrected chi connectivity index (χ3v) is 2.97. The molecule has 4 heteroatoms. The van der Waals surface area contributed by atoms with Gasteiger partial charge in [-0.15, -0.1) is 0 Å². The van der Waals surface area contributed by atoms with Gasteiger partial charge >= 0.3 is 0 Å². The van der Waals surface area contributed by atoms with Gasteiger partial charge in [0, 0.05) is 25.4 Å². The second kappa shape index (κ2) is 4.31. The number of aryl methyl sites for hydroxylation is 1. The van der Waals surface area contributed by atoms with E-state index in [1.54, 1.807) is 0 Å². The van der Waals surface area contributed by atoms with Crippen LogP contribution in [0.5, 0.6) is 0 Å². The van der Waals surface area contributed by atoms with Gasteiger partial charge in [0.05, 0.1) is 0 Å². The molecule has 1 atom stereocenters. The monoisotopic (exact) mass is 208 g/mol. The highest BCUT2D eigenvalue weighted by molar-refractivity contribution is 5.01. The summed E-state index contributed by atoms with van der Waals surface area (Å²) in [5.74, 6) is 2.78. The summed E-state index contributed by atoms with van der Waals surface area (Å²) in [6.07, 6.45) is 3.45. The summed E-state index contributed by atoms with van der Waals surface area (Å²) in [4.78, 5) is 6.80. The molecule has 1 aliphatic rings. The van der Waals surface area contributed by atoms with E-state index in [1.807, 2.05) is 0 Å². The lowest BCUT2D eigenvalue weighted by Gasteiger charge is -2.17. The van der Waals surface area contributed by atoms with Crippen LogP contribution in [-0.4, -0.2) is 40.3 Å². The van der Waals surface area contributed by atoms with Crippen molar-refractivity contribution in [3.8, 4) is 0 Å². The Morgan fingerprint density at radius 3 is 2.93 bits per heavy atom. The van der Waals surface area contributed by atoms with Gasteiger partial charge < -0.3 is 4.90 Å². The van der Waals surface area contributed by atoms with Crippen LogP contribution in [0.2, 0.25) is 0 Å². The zero-order chi connectivity index (χ0) is 10.8. The fraction of sp³-hybridized carbons (Fsp3) is 0.818. The van der Waals surface area contributed by atoms with Crippen molar-refractivity contribution in [1.29, 1.82) is 0 Å². The second-order valence-corrected chi connectivity index (χ2v) is 4.71. The van der Waals surface area contributed by atoms with Gasteiger partial charge in [0.2, 0.25) is 0 Å². The Labute approximate surface area is 91.3 Å². The molecule has 0 N–H and O–H groups in total. The average molecular weight is 208 g/mol. The molecule has 0 bridgehead atoms. The Kier molecular flexibility index (Phi) is 3.05. The third-order valence-electron chi connectivity index (χ3n) is 2.97. The molecule has 0 spiro atoms. The van der Waals surface area contributed by atoms with Gasteiger partial charge in [-0.25, -0.2) is 9.67 Å². The molecular weight excluding hydrogens is 188 g/mol. The first-order valence-electron chi connectivity index (χ1n) is 5.75. The molecule has 0 saturated carbocycles. The summed E-state index contributed by atoms with van der Waals surface area (Å²) in [5, 5.41) is 4.55. The van der Waals surface area contributed by atoms with Crippen LogP contribution in [0.15, 0.2) is 0 Å². The van der Waals surface area contributed by atoms with Crippen molar-refractivity contribution in [1.82, 2.24) is 19.7 Å². The van der Waals surface area contributed by atoms with Gasteiger partial charge in [-0.05, 0) is 26.9 Å². The SMILES string of the molecule is CC1CCCn2nc(CCN(C)C)nc21. The average Bonchev–Trinajstić information content (AvgIpc) is 2.59. The number of hydrogen-bond acceptors (Lipinski definition) is 3. The molecule has 0 fully saturated rings. The van der Waals surface area contributed by atoms with Crippen LogP contribution in [0.4, 0.5) is 0 Å². The maximum atomic E-state index is 4.63. The van der Waals surface area contributed by atoms with E-state index < -0.39 is 0 Å². The minimum absolute atomic E-state index is 0.583. The van der Waals surface area contributed by atoms with Crippen LogP contribution < -0.4 is 0 Å². The van der Waals surface area contributed by atoms with Crippen LogP contribution in [0.25, 0.3) is 0 Å². The summed E-state index contributed by atoms with van der Waals surface area (Å²) in [5.41, 5.74) is 0. The lowest BCUT2D eigenvalue weighted by molar-refractivity contribution is 0.407. The number of fused-ring (bicyclic) bond motifs is 1. The molecule has 0 aliphatic carbocycles. The fourth-order valence-electron chi connectivity index (χ4n) is 2.04. The van der Waals surface area contributed by atoms with E-state index in [0.29, 0.717) is 5.92 Å². The normalized spacial score (nSPS) is 20.7. The molecule has 1 aliphatic heterocycles. The van der Waals surface area contributed by atoms with E-state index in [1.165, 1.54) is 18.7 Å². The Hall–Kier alpha value is -0.900. The maximum Gasteiger partial charge on any atom is 0.152 e. The van der Waals surface area contributed by atoms with Crippen LogP contribution in [-0.2, 0) is 13.0 Å². The molecule has 1 aromatic rings. The van der Waals surface area contributed by atoms with Crippen molar-refractivity contribution in [2.75, 3.05) is 20.6 Å². The van der Waals surface area contributed by atoms with Crippen molar-refractivity contribution in [3.63, 3.8) is 0 Å². The molecule has 1 unspecified atom stereocenters. The number of nitrogens with zero attached hydrogens (tertiary/aromatic N) is 4. The Balaban J connectivity index is 2.08. The topological polar surface area (TPSA) is 34.0 Å². The smallest absolute Gasteiger partial charge is 0.152 e. The lowest BCUT2D eigenvalue weighted by Crippen LogP contribution is -2.16. The Bertz CT molecular complexity index is 329. The van der Waals surface area contributed by atoms with Crippen LogP contribution >= 0.6 is 0 Å². The van der Waals surface area contributed by atoms with E-state index in [2.05, 4.69) is 40.7 Å². The first kappa shape index (κ1) is 10.6. The highest BCUT2D eigenvalue weighted by Crippen LogP contribution is 2.24. The molecule has 0 radical (unpaired) electrons. The van der Waals surface area contributed by atoms with E-state index in [4.69, 9.17) is 0 Å². The Morgan fingerprint density at radius 1 is 1.47 bits per heavy atom. The third kappa shape index (κ3) is 2.37. The first-order chi connectivity index (χ1) is 7.16. The molecule has 1 aromatic heterocycles. The summed E-state index contributed by atoms with van der Waals surface area (Å²) in [6, 6.07) is 0. The molecule has 0 aromatic carbocycles. The summed E-state index contributed by atoms with van der Waals surface area (Å²) >= 11 is 0. The van der Waals surface area contributed by atoms with Gasteiger partial charge in [-0.1, -0.05) is 6.92 Å². The number of likely N-dealkylation sites (N-methyl/N-ethyl adjacent to an activating group) is 1. The first-order valence-corrected chi connectivity index (χ1v) is 5.75. The number of rotatable bonds is 3. The summed E-state index contributed by atoms with van der Waals surface area (Å²) in [7, 11) is 4.16. The molecule has 15 heavy (non-hydrogen) atoms. The predicted octanol–water partition coefficient (Wildman–Crippen LogP) is 1.28. The fourth-order valence-corrected chi connectivity index (χ4v) is 2.04. The van der Waals surface area contributed by atoms with Gasteiger partial charge in [0.15, 0.2) is 5.82 Å². The minimum Gasteiger partial charge on any atom is -0.309 e. The summed E-state index contributed by atoms with van der Waals surface area (Å²) < 4.78 is 2.10. The van der Waals surface area contributed by atoms with Crippen molar-refractivity contribution in [2.24, 2.45) is 0 Å². The standard InChI is InChI=1S/C11H20N4/c1-9-5-4-7-15-11(9)12-10(13-15)6-8-14(2)3/h9H,4-8H2,1-3H3. The van der Waals surface area contributed by atoms with Crippen molar-refractivity contribution >= 4 is 0 Å². The van der Waals surface area contributed by atoms with E-state index in [-0.39, 0.29) is 0 Å². The van der Waals surface area contributed by atoms with Crippen LogP contribution in [0, 0.1) is 0 Å². The van der Waals surface area contributed by atoms with Crippen molar-refractivity contribution < 1.29 is 0 Å². The zero-order valence-electron chi connectivity index (χ0n) is 9.90. The highest BCUT2D eigenvalue weighted by Gasteiger charge is 2.20. The Morgan fingerprint density at radius 2 is 2.27 bits per heavy atom. The minimum atomic E-state index is 0.583. The van der Waals surface area contributed by atoms with Crippen molar-refractivity contribution in [2.45, 2.75) is 38.6 Å². The molecule has 84 valence electrons. The zero-order valence-corrected chi connectivity index (χ0v) is 9.90. The van der Waals surface area contributed by atoms with E-state index >= 15 is 0 Å². The molecule has 2 heterocycles. The molecule has 4 nitrogen and oxygen atoms in total. The van der Waals surface area contributed by atoms with E-state index in [0.717, 1.165) is 25.3 Å². The van der Waals surface area contributed by atoms with Gasteiger partial charge in [-0.2, -0.15) is 5.10 Å². The molecular formula is C11H20N4. The van der Waals surface area contributed by atoms with Gasteiger partial charge in [-0.3, -0.25) is 0 Å². The maximum absolute atomic E-state index is 4.63. The van der Waals surface area contributed by atoms with Crippen LogP contribution in [0.3, 0.4) is 0 Å². The van der Waals surface area contributed by atoms with Crippen molar-refractivity contribution in [3.05, 3.63) is 11.6 Å². The number of hydrogen-bond donors (Lipinski definition) is 0. The quantitative estimate of drug-likeness (QED) is 0.750. The van der Waals surface area contributed by atoms with Crippen LogP contribution in [0.1, 0.15) is 37.3 Å². The molecule has 0 amide bonds. The largest absolute Gasteiger partial charge is 0.309 e. The summed E-state index contributed by atoms with van der Waals surface area (Å²) in [6.45, 7) is 4.32. The molecule has 0 saturated heterocycles. The highest BCUT2D eigenvalue weighted by atomic mass is 15.4. The van der Waals surface area contributed by atoms with Gasteiger partial charge in [0.1, 0.15) is 5.82 Å².